The van der Waals surface area contributed by atoms with Gasteiger partial charge in [-0.3, -0.25) is 28.5 Å². The molecule has 15 nitrogen and oxygen atoms in total. The molecule has 0 bridgehead atoms. The van der Waals surface area contributed by atoms with Crippen molar-refractivity contribution in [2.75, 3.05) is 4.72 Å². The summed E-state index contributed by atoms with van der Waals surface area (Å²) in [7, 11) is -20.4. The number of benzene rings is 3. The Labute approximate surface area is 203 Å². The summed E-state index contributed by atoms with van der Waals surface area (Å²) in [4.78, 5) is 6.14. The molecule has 19 heteroatoms. The molecule has 3 aromatic rings. The number of sulfonamides is 1. The Bertz CT molecular complexity index is 1870. The second kappa shape index (κ2) is 8.73. The summed E-state index contributed by atoms with van der Waals surface area (Å²) in [5, 5.41) is 9.68. The minimum Gasteiger partial charge on any atom is -0.282 e. The molecule has 0 radical (unpaired) electrons. The van der Waals surface area contributed by atoms with Gasteiger partial charge in [0, 0.05) is 17.5 Å². The molecule has 194 valence electrons. The highest BCUT2D eigenvalue weighted by atomic mass is 32.2. The number of fused-ring (bicyclic) bond motifs is 1. The fraction of sp³-hybridized carbons (Fsp3) is 0.0588. The van der Waals surface area contributed by atoms with Crippen molar-refractivity contribution in [1.82, 2.24) is 0 Å². The van der Waals surface area contributed by atoms with Crippen LogP contribution in [0.5, 0.6) is 0 Å². The lowest BCUT2D eigenvalue weighted by molar-refractivity contribution is -0.385. The molecule has 36 heavy (non-hydrogen) atoms. The normalized spacial score (nSPS) is 13.0. The molecule has 0 atom stereocenters. The quantitative estimate of drug-likeness (QED) is 0.176. The van der Waals surface area contributed by atoms with Gasteiger partial charge < -0.3 is 0 Å². The van der Waals surface area contributed by atoms with Gasteiger partial charge in [-0.15, -0.1) is 0 Å². The predicted molar refractivity (Wildman–Crippen MR) is 122 cm³/mol. The molecule has 3 aromatic carbocycles. The van der Waals surface area contributed by atoms with E-state index in [4.69, 9.17) is 0 Å². The summed E-state index contributed by atoms with van der Waals surface area (Å²) >= 11 is 0. The van der Waals surface area contributed by atoms with Gasteiger partial charge in [0.05, 0.1) is 25.3 Å². The van der Waals surface area contributed by atoms with Crippen LogP contribution in [0.2, 0.25) is 0 Å². The Balaban J connectivity index is 2.47. The molecule has 3 rings (SSSR count). The van der Waals surface area contributed by atoms with Crippen LogP contribution in [-0.4, -0.2) is 52.3 Å². The third kappa shape index (κ3) is 5.46. The van der Waals surface area contributed by atoms with Crippen LogP contribution in [0.1, 0.15) is 5.56 Å². The van der Waals surface area contributed by atoms with Gasteiger partial charge in [0.25, 0.3) is 46.1 Å². The van der Waals surface area contributed by atoms with Gasteiger partial charge in [0.15, 0.2) is 0 Å². The van der Waals surface area contributed by atoms with Crippen molar-refractivity contribution in [2.24, 2.45) is 0 Å². The molecule has 0 aliphatic carbocycles. The third-order valence-corrected chi connectivity index (χ3v) is 8.80. The topological polar surface area (TPSA) is 252 Å². The maximum absolute atomic E-state index is 13.1. The molecule has 0 aliphatic rings. The second-order valence-corrected chi connectivity index (χ2v) is 13.1. The molecular formula is C17H14N2O13S4. The molecule has 0 fully saturated rings. The standard InChI is InChI=1S/C17H14N2O13S4/c1-9-2-3-11(19(20)21)6-15(9)33(22,23)18-14-7-12(34(24,25)26)4-10-5-13(35(27,28)29)8-16(17(10)14)36(30,31)32/h2-8,18H,1H3,(H,24,25,26)(H,27,28,29)(H,30,31,32). The summed E-state index contributed by atoms with van der Waals surface area (Å²) in [5.74, 6) is 0. The second-order valence-electron chi connectivity index (χ2n) is 7.23. The highest BCUT2D eigenvalue weighted by Gasteiger charge is 2.28. The van der Waals surface area contributed by atoms with E-state index in [1.807, 2.05) is 4.72 Å². The maximum Gasteiger partial charge on any atom is 0.295 e. The van der Waals surface area contributed by atoms with E-state index in [2.05, 4.69) is 0 Å². The molecule has 0 saturated carbocycles. The van der Waals surface area contributed by atoms with E-state index in [0.29, 0.717) is 24.3 Å². The van der Waals surface area contributed by atoms with Crippen LogP contribution in [0.25, 0.3) is 10.8 Å². The summed E-state index contributed by atoms with van der Waals surface area (Å²) in [5.41, 5.74) is -1.51. The number of hydrogen-bond acceptors (Lipinski definition) is 10. The Morgan fingerprint density at radius 3 is 1.75 bits per heavy atom. The summed E-state index contributed by atoms with van der Waals surface area (Å²) in [6.07, 6.45) is 0. The van der Waals surface area contributed by atoms with Gasteiger partial charge in [-0.1, -0.05) is 6.07 Å². The molecule has 0 aliphatic heterocycles. The minimum absolute atomic E-state index is 0.00740. The summed E-state index contributed by atoms with van der Waals surface area (Å²) < 4.78 is 127. The first-order valence-corrected chi connectivity index (χ1v) is 14.8. The van der Waals surface area contributed by atoms with Gasteiger partial charge in [-0.25, -0.2) is 8.42 Å². The smallest absolute Gasteiger partial charge is 0.282 e. The predicted octanol–water partition coefficient (Wildman–Crippen LogP) is 1.60. The number of nitrogens with one attached hydrogen (secondary N) is 1. The number of hydrogen-bond donors (Lipinski definition) is 4. The highest BCUT2D eigenvalue weighted by molar-refractivity contribution is 7.92. The van der Waals surface area contributed by atoms with Crippen LogP contribution in [0, 0.1) is 17.0 Å². The average Bonchev–Trinajstić information content (AvgIpc) is 2.70. The first kappa shape index (κ1) is 27.4. The maximum atomic E-state index is 13.1. The van der Waals surface area contributed by atoms with Crippen molar-refractivity contribution in [3.8, 4) is 0 Å². The Hall–Kier alpha value is -3.20. The first-order valence-electron chi connectivity index (χ1n) is 9.04. The Morgan fingerprint density at radius 1 is 0.750 bits per heavy atom. The van der Waals surface area contributed by atoms with Crippen LogP contribution in [0.3, 0.4) is 0 Å². The molecule has 4 N–H and O–H groups in total. The first-order chi connectivity index (χ1) is 16.2. The SMILES string of the molecule is Cc1ccc([N+](=O)[O-])cc1S(=O)(=O)Nc1cc(S(=O)(=O)O)cc2cc(S(=O)(=O)O)cc(S(=O)(=O)O)c12. The van der Waals surface area contributed by atoms with Gasteiger partial charge >= 0.3 is 0 Å². The van der Waals surface area contributed by atoms with Crippen molar-refractivity contribution in [3.05, 3.63) is 58.1 Å². The Kier molecular flexibility index (Phi) is 6.64. The van der Waals surface area contributed by atoms with Crippen molar-refractivity contribution in [2.45, 2.75) is 26.5 Å². The van der Waals surface area contributed by atoms with E-state index in [-0.39, 0.29) is 11.6 Å². The van der Waals surface area contributed by atoms with Crippen molar-refractivity contribution in [1.29, 1.82) is 0 Å². The van der Waals surface area contributed by atoms with E-state index >= 15 is 0 Å². The van der Waals surface area contributed by atoms with Crippen LogP contribution in [0.15, 0.2) is 62.0 Å². The van der Waals surface area contributed by atoms with Gasteiger partial charge in [0.1, 0.15) is 4.90 Å². The fourth-order valence-corrected chi connectivity index (χ4v) is 6.45. The summed E-state index contributed by atoms with van der Waals surface area (Å²) in [6, 6.07) is 4.67. The number of nitro groups is 1. The van der Waals surface area contributed by atoms with Crippen LogP contribution < -0.4 is 4.72 Å². The molecule has 0 unspecified atom stereocenters. The van der Waals surface area contributed by atoms with E-state index < -0.39 is 87.0 Å². The van der Waals surface area contributed by atoms with Crippen LogP contribution in [0.4, 0.5) is 11.4 Å². The van der Waals surface area contributed by atoms with Crippen LogP contribution in [-0.2, 0) is 40.4 Å². The molecule has 0 heterocycles. The van der Waals surface area contributed by atoms with E-state index in [1.165, 1.54) is 6.92 Å². The molecule has 0 aromatic heterocycles. The lowest BCUT2D eigenvalue weighted by Crippen LogP contribution is -2.16. The molecular weight excluding hydrogens is 568 g/mol. The summed E-state index contributed by atoms with van der Waals surface area (Å²) in [6.45, 7) is 1.27. The molecule has 0 saturated heterocycles. The zero-order valence-electron chi connectivity index (χ0n) is 17.5. The van der Waals surface area contributed by atoms with Gasteiger partial charge in [0.2, 0.25) is 0 Å². The lowest BCUT2D eigenvalue weighted by atomic mass is 10.1. The average molecular weight is 583 g/mol. The van der Waals surface area contributed by atoms with Crippen LogP contribution >= 0.6 is 0 Å². The number of non-ortho nitro benzene ring substituents is 1. The van der Waals surface area contributed by atoms with Gasteiger partial charge in [-0.2, -0.15) is 25.3 Å². The van der Waals surface area contributed by atoms with Crippen molar-refractivity contribution >= 4 is 62.5 Å². The van der Waals surface area contributed by atoms with Crippen molar-refractivity contribution in [3.63, 3.8) is 0 Å². The number of anilines is 1. The number of nitro benzene ring substituents is 1. The zero-order chi connectivity index (χ0) is 27.4. The van der Waals surface area contributed by atoms with Gasteiger partial charge in [-0.05, 0) is 42.1 Å². The van der Waals surface area contributed by atoms with E-state index in [9.17, 15) is 57.4 Å². The largest absolute Gasteiger partial charge is 0.295 e. The highest BCUT2D eigenvalue weighted by Crippen LogP contribution is 2.37. The molecule has 0 amide bonds. The number of nitrogens with zero attached hydrogens (tertiary/aromatic N) is 1. The van der Waals surface area contributed by atoms with E-state index in [0.717, 1.165) is 12.1 Å². The fourth-order valence-electron chi connectivity index (χ4n) is 3.20. The van der Waals surface area contributed by atoms with Crippen molar-refractivity contribution < 1.29 is 52.3 Å². The zero-order valence-corrected chi connectivity index (χ0v) is 20.8. The minimum atomic E-state index is -5.34. The monoisotopic (exact) mass is 582 g/mol. The Morgan fingerprint density at radius 2 is 1.28 bits per heavy atom. The molecule has 0 spiro atoms. The lowest BCUT2D eigenvalue weighted by Gasteiger charge is -2.16. The third-order valence-electron chi connectivity index (χ3n) is 4.75. The van der Waals surface area contributed by atoms with E-state index in [1.54, 1.807) is 0 Å². The number of rotatable bonds is 7. The number of aryl methyl sites for hydroxylation is 1.